The average molecular weight is 235 g/mol. The maximum atomic E-state index is 5.41. The number of ether oxygens (including phenoxy) is 1. The molecule has 1 atom stereocenters. The van der Waals surface area contributed by atoms with E-state index < -0.39 is 0 Å². The van der Waals surface area contributed by atoms with E-state index >= 15 is 0 Å². The molecule has 1 N–H and O–H groups in total. The molecule has 0 aliphatic heterocycles. The van der Waals surface area contributed by atoms with Gasteiger partial charge in [0.25, 0.3) is 0 Å². The average Bonchev–Trinajstić information content (AvgIpc) is 2.37. The van der Waals surface area contributed by atoms with Crippen LogP contribution in [0.5, 0.6) is 5.75 Å². The van der Waals surface area contributed by atoms with Gasteiger partial charge in [0.1, 0.15) is 5.75 Å². The highest BCUT2D eigenvalue weighted by atomic mass is 16.5. The zero-order valence-corrected chi connectivity index (χ0v) is 11.3. The van der Waals surface area contributed by atoms with Gasteiger partial charge in [-0.2, -0.15) is 0 Å². The molecule has 2 heteroatoms. The Morgan fingerprint density at radius 1 is 1.24 bits per heavy atom. The maximum Gasteiger partial charge on any atom is 0.122 e. The van der Waals surface area contributed by atoms with Crippen molar-refractivity contribution < 1.29 is 4.74 Å². The topological polar surface area (TPSA) is 21.3 Å². The van der Waals surface area contributed by atoms with Gasteiger partial charge in [0, 0.05) is 0 Å². The van der Waals surface area contributed by atoms with Crippen LogP contribution in [0, 0.1) is 5.92 Å². The van der Waals surface area contributed by atoms with Gasteiger partial charge >= 0.3 is 0 Å². The fraction of sp³-hybridized carbons (Fsp3) is 0.600. The summed E-state index contributed by atoms with van der Waals surface area (Å²) in [5.41, 5.74) is 1.33. The molecule has 1 rings (SSSR count). The van der Waals surface area contributed by atoms with Crippen molar-refractivity contribution in [3.63, 3.8) is 0 Å². The molecule has 0 radical (unpaired) electrons. The van der Waals surface area contributed by atoms with Crippen LogP contribution in [-0.4, -0.2) is 20.2 Å². The summed E-state index contributed by atoms with van der Waals surface area (Å²) in [6, 6.07) is 8.34. The van der Waals surface area contributed by atoms with Crippen LogP contribution >= 0.6 is 0 Å². The Kier molecular flexibility index (Phi) is 6.71. The van der Waals surface area contributed by atoms with Crippen molar-refractivity contribution in [3.8, 4) is 5.75 Å². The fourth-order valence-electron chi connectivity index (χ4n) is 2.22. The molecular weight excluding hydrogens is 210 g/mol. The Labute approximate surface area is 105 Å². The van der Waals surface area contributed by atoms with Crippen LogP contribution in [0.15, 0.2) is 24.3 Å². The molecule has 0 spiro atoms. The van der Waals surface area contributed by atoms with Gasteiger partial charge < -0.3 is 10.1 Å². The summed E-state index contributed by atoms with van der Waals surface area (Å²) in [5.74, 6) is 1.72. The molecular formula is C15H25NO. The molecule has 1 unspecified atom stereocenters. The predicted molar refractivity (Wildman–Crippen MR) is 73.6 cm³/mol. The van der Waals surface area contributed by atoms with E-state index in [1.54, 1.807) is 7.11 Å². The summed E-state index contributed by atoms with van der Waals surface area (Å²) in [6.45, 7) is 6.56. The zero-order valence-electron chi connectivity index (χ0n) is 11.3. The Morgan fingerprint density at radius 3 is 2.65 bits per heavy atom. The second kappa shape index (κ2) is 8.13. The fourth-order valence-corrected chi connectivity index (χ4v) is 2.22. The van der Waals surface area contributed by atoms with Gasteiger partial charge in [-0.15, -0.1) is 0 Å². The minimum absolute atomic E-state index is 0.705. The van der Waals surface area contributed by atoms with E-state index in [2.05, 4.69) is 31.3 Å². The summed E-state index contributed by atoms with van der Waals surface area (Å²) < 4.78 is 5.41. The smallest absolute Gasteiger partial charge is 0.122 e. The first-order valence-electron chi connectivity index (χ1n) is 6.64. The number of hydrogen-bond acceptors (Lipinski definition) is 2. The molecule has 0 saturated heterocycles. The molecule has 0 fully saturated rings. The van der Waals surface area contributed by atoms with E-state index in [0.717, 1.165) is 25.3 Å². The van der Waals surface area contributed by atoms with Crippen molar-refractivity contribution >= 4 is 0 Å². The second-order valence-corrected chi connectivity index (χ2v) is 4.48. The molecule has 0 saturated carbocycles. The van der Waals surface area contributed by atoms with Gasteiger partial charge in [0.15, 0.2) is 0 Å². The van der Waals surface area contributed by atoms with E-state index in [1.165, 1.54) is 18.4 Å². The highest BCUT2D eigenvalue weighted by Gasteiger charge is 2.11. The van der Waals surface area contributed by atoms with Crippen LogP contribution in [-0.2, 0) is 6.42 Å². The third kappa shape index (κ3) is 4.78. The third-order valence-electron chi connectivity index (χ3n) is 3.08. The van der Waals surface area contributed by atoms with E-state index in [-0.39, 0.29) is 0 Å². The van der Waals surface area contributed by atoms with E-state index in [9.17, 15) is 0 Å². The molecule has 0 aromatic heterocycles. The number of benzene rings is 1. The lowest BCUT2D eigenvalue weighted by molar-refractivity contribution is 0.395. The molecule has 2 nitrogen and oxygen atoms in total. The summed E-state index contributed by atoms with van der Waals surface area (Å²) in [6.07, 6.45) is 3.61. The summed E-state index contributed by atoms with van der Waals surface area (Å²) in [5, 5.41) is 3.45. The monoisotopic (exact) mass is 235 g/mol. The van der Waals surface area contributed by atoms with Gasteiger partial charge in [-0.25, -0.2) is 0 Å². The molecule has 1 aromatic rings. The molecule has 96 valence electrons. The molecule has 17 heavy (non-hydrogen) atoms. The largest absolute Gasteiger partial charge is 0.496 e. The van der Waals surface area contributed by atoms with Gasteiger partial charge in [0.2, 0.25) is 0 Å². The first-order chi connectivity index (χ1) is 8.31. The van der Waals surface area contributed by atoms with Gasteiger partial charge in [0.05, 0.1) is 7.11 Å². The van der Waals surface area contributed by atoms with Crippen molar-refractivity contribution in [2.75, 3.05) is 20.2 Å². The normalized spacial score (nSPS) is 12.4. The number of rotatable bonds is 8. The summed E-state index contributed by atoms with van der Waals surface area (Å²) in [7, 11) is 1.75. The van der Waals surface area contributed by atoms with Crippen molar-refractivity contribution in [2.24, 2.45) is 5.92 Å². The Balaban J connectivity index is 2.63. The first kappa shape index (κ1) is 14.0. The highest BCUT2D eigenvalue weighted by molar-refractivity contribution is 5.33. The maximum absolute atomic E-state index is 5.41. The number of methoxy groups -OCH3 is 1. The Bertz CT molecular complexity index is 312. The number of hydrogen-bond donors (Lipinski definition) is 1. The van der Waals surface area contributed by atoms with Crippen molar-refractivity contribution in [3.05, 3.63) is 29.8 Å². The number of nitrogens with one attached hydrogen (secondary N) is 1. The zero-order chi connectivity index (χ0) is 12.5. The van der Waals surface area contributed by atoms with Crippen LogP contribution in [0.4, 0.5) is 0 Å². The second-order valence-electron chi connectivity index (χ2n) is 4.48. The molecule has 0 aliphatic carbocycles. The summed E-state index contributed by atoms with van der Waals surface area (Å²) in [4.78, 5) is 0. The van der Waals surface area contributed by atoms with E-state index in [0.29, 0.717) is 5.92 Å². The molecule has 0 aliphatic rings. The molecule has 0 heterocycles. The van der Waals surface area contributed by atoms with Crippen molar-refractivity contribution in [1.82, 2.24) is 5.32 Å². The quantitative estimate of drug-likeness (QED) is 0.746. The van der Waals surface area contributed by atoms with Crippen LogP contribution in [0.1, 0.15) is 32.3 Å². The lowest BCUT2D eigenvalue weighted by Crippen LogP contribution is -2.24. The Hall–Kier alpha value is -1.02. The lowest BCUT2D eigenvalue weighted by atomic mass is 9.94. The molecule has 0 bridgehead atoms. The highest BCUT2D eigenvalue weighted by Crippen LogP contribution is 2.22. The van der Waals surface area contributed by atoms with Crippen molar-refractivity contribution in [2.45, 2.75) is 33.1 Å². The van der Waals surface area contributed by atoms with Gasteiger partial charge in [-0.05, 0) is 43.5 Å². The van der Waals surface area contributed by atoms with Crippen LogP contribution < -0.4 is 10.1 Å². The van der Waals surface area contributed by atoms with E-state index in [4.69, 9.17) is 4.74 Å². The minimum atomic E-state index is 0.705. The molecule has 0 amide bonds. The van der Waals surface area contributed by atoms with Crippen LogP contribution in [0.25, 0.3) is 0 Å². The lowest BCUT2D eigenvalue weighted by Gasteiger charge is -2.18. The third-order valence-corrected chi connectivity index (χ3v) is 3.08. The van der Waals surface area contributed by atoms with Crippen LogP contribution in [0.3, 0.4) is 0 Å². The molecule has 1 aromatic carbocycles. The van der Waals surface area contributed by atoms with Crippen LogP contribution in [0.2, 0.25) is 0 Å². The standard InChI is InChI=1S/C15H25NO/c1-4-8-13(12-16-5-2)11-14-9-6-7-10-15(14)17-3/h6-7,9-10,13,16H,4-5,8,11-12H2,1-3H3. The Morgan fingerprint density at radius 2 is 2.00 bits per heavy atom. The van der Waals surface area contributed by atoms with Gasteiger partial charge in [-0.3, -0.25) is 0 Å². The summed E-state index contributed by atoms with van der Waals surface area (Å²) >= 11 is 0. The van der Waals surface area contributed by atoms with E-state index in [1.807, 2.05) is 12.1 Å². The SMILES string of the molecule is CCCC(CNCC)Cc1ccccc1OC. The first-order valence-corrected chi connectivity index (χ1v) is 6.64. The van der Waals surface area contributed by atoms with Crippen molar-refractivity contribution in [1.29, 1.82) is 0 Å². The van der Waals surface area contributed by atoms with Gasteiger partial charge in [-0.1, -0.05) is 38.5 Å². The predicted octanol–water partition coefficient (Wildman–Crippen LogP) is 3.26. The minimum Gasteiger partial charge on any atom is -0.496 e. The number of para-hydroxylation sites is 1.